The first-order valence-corrected chi connectivity index (χ1v) is 12.2. The van der Waals surface area contributed by atoms with E-state index in [1.54, 1.807) is 54.6 Å². The average molecular weight is 593 g/mol. The molecule has 3 aromatic rings. The lowest BCUT2D eigenvalue weighted by molar-refractivity contribution is -0.136. The normalized spacial score (nSPS) is 10.7. The Kier molecular flexibility index (Phi) is 9.86. The number of carbonyl (C=O) groups is 3. The first-order valence-electron chi connectivity index (χ1n) is 10.6. The lowest BCUT2D eigenvalue weighted by Crippen LogP contribution is -2.32. The molecular weight excluding hydrogens is 573 g/mol. The van der Waals surface area contributed by atoms with Crippen LogP contribution in [-0.4, -0.2) is 30.6 Å². The molecule has 0 unspecified atom stereocenters. The molecule has 0 fully saturated rings. The fourth-order valence-electron chi connectivity index (χ4n) is 2.77. The minimum absolute atomic E-state index is 0.104. The van der Waals surface area contributed by atoms with Gasteiger partial charge in [-0.1, -0.05) is 52.1 Å². The molecule has 0 aliphatic heterocycles. The number of ether oxygens (including phenoxy) is 2. The zero-order valence-corrected chi connectivity index (χ0v) is 22.0. The maximum atomic E-state index is 12.6. The van der Waals surface area contributed by atoms with Gasteiger partial charge in [0, 0.05) is 10.0 Å². The largest absolute Gasteiger partial charge is 0.494 e. The van der Waals surface area contributed by atoms with Crippen LogP contribution in [0.2, 0.25) is 10.0 Å². The number of esters is 1. The van der Waals surface area contributed by atoms with Crippen LogP contribution >= 0.6 is 39.1 Å². The number of nitrogens with zero attached hydrogens (tertiary/aromatic N) is 1. The highest BCUT2D eigenvalue weighted by atomic mass is 79.9. The van der Waals surface area contributed by atoms with Gasteiger partial charge in [0.1, 0.15) is 11.5 Å². The maximum Gasteiger partial charge on any atom is 0.343 e. The fraction of sp³-hybridized carbons (Fsp3) is 0.120. The lowest BCUT2D eigenvalue weighted by atomic mass is 10.2. The number of hydrazone groups is 1. The van der Waals surface area contributed by atoms with Crippen LogP contribution in [0.1, 0.15) is 29.3 Å². The molecule has 36 heavy (non-hydrogen) atoms. The van der Waals surface area contributed by atoms with E-state index in [0.29, 0.717) is 28.0 Å². The van der Waals surface area contributed by atoms with E-state index < -0.39 is 17.8 Å². The Labute approximate surface area is 225 Å². The summed E-state index contributed by atoms with van der Waals surface area (Å²) >= 11 is 15.3. The van der Waals surface area contributed by atoms with E-state index in [1.165, 1.54) is 12.3 Å². The second-order valence-electron chi connectivity index (χ2n) is 7.20. The molecule has 3 aromatic carbocycles. The summed E-state index contributed by atoms with van der Waals surface area (Å²) in [6, 6.07) is 16.1. The van der Waals surface area contributed by atoms with E-state index in [9.17, 15) is 14.4 Å². The monoisotopic (exact) mass is 591 g/mol. The van der Waals surface area contributed by atoms with E-state index in [0.717, 1.165) is 6.42 Å². The van der Waals surface area contributed by atoms with E-state index in [1.807, 2.05) is 6.92 Å². The van der Waals surface area contributed by atoms with Crippen LogP contribution in [0.15, 0.2) is 70.2 Å². The molecule has 0 heterocycles. The Morgan fingerprint density at radius 3 is 2.50 bits per heavy atom. The summed E-state index contributed by atoms with van der Waals surface area (Å²) < 4.78 is 11.7. The highest BCUT2D eigenvalue weighted by Crippen LogP contribution is 2.29. The number of nitrogens with one attached hydrogen (secondary N) is 2. The van der Waals surface area contributed by atoms with Gasteiger partial charge in [-0.3, -0.25) is 9.59 Å². The van der Waals surface area contributed by atoms with Gasteiger partial charge in [0.25, 0.3) is 0 Å². The second kappa shape index (κ2) is 13.1. The van der Waals surface area contributed by atoms with Gasteiger partial charge in [-0.05, 0) is 61.0 Å². The van der Waals surface area contributed by atoms with Crippen molar-refractivity contribution in [3.63, 3.8) is 0 Å². The molecule has 0 bridgehead atoms. The van der Waals surface area contributed by atoms with Crippen LogP contribution in [0.5, 0.6) is 11.5 Å². The van der Waals surface area contributed by atoms with Crippen molar-refractivity contribution < 1.29 is 23.9 Å². The zero-order chi connectivity index (χ0) is 26.1. The maximum absolute atomic E-state index is 12.6. The van der Waals surface area contributed by atoms with Crippen molar-refractivity contribution in [2.24, 2.45) is 5.10 Å². The number of hydrogen-bond acceptors (Lipinski definition) is 6. The van der Waals surface area contributed by atoms with Crippen molar-refractivity contribution in [1.82, 2.24) is 5.43 Å². The second-order valence-corrected chi connectivity index (χ2v) is 8.90. The molecule has 3 rings (SSSR count). The van der Waals surface area contributed by atoms with Crippen molar-refractivity contribution in [2.45, 2.75) is 13.3 Å². The summed E-state index contributed by atoms with van der Waals surface area (Å²) in [4.78, 5) is 36.9. The first-order chi connectivity index (χ1) is 17.3. The number of carbonyl (C=O) groups excluding carboxylic acids is 3. The summed E-state index contributed by atoms with van der Waals surface area (Å²) in [5.41, 5.74) is 2.99. The topological polar surface area (TPSA) is 106 Å². The third-order valence-corrected chi connectivity index (χ3v) is 5.83. The fourth-order valence-corrected chi connectivity index (χ4v) is 3.50. The molecule has 2 amide bonds. The van der Waals surface area contributed by atoms with Crippen molar-refractivity contribution >= 4 is 68.8 Å². The molecule has 0 radical (unpaired) electrons. The molecule has 0 aliphatic rings. The van der Waals surface area contributed by atoms with Gasteiger partial charge in [-0.15, -0.1) is 0 Å². The van der Waals surface area contributed by atoms with Crippen molar-refractivity contribution in [3.8, 4) is 11.5 Å². The van der Waals surface area contributed by atoms with Crippen molar-refractivity contribution in [1.29, 1.82) is 0 Å². The lowest BCUT2D eigenvalue weighted by Gasteiger charge is -2.09. The average Bonchev–Trinajstić information content (AvgIpc) is 2.87. The van der Waals surface area contributed by atoms with Gasteiger partial charge >= 0.3 is 17.8 Å². The van der Waals surface area contributed by atoms with E-state index >= 15 is 0 Å². The molecule has 0 saturated carbocycles. The van der Waals surface area contributed by atoms with Gasteiger partial charge in [0.15, 0.2) is 0 Å². The van der Waals surface area contributed by atoms with Crippen LogP contribution in [0, 0.1) is 0 Å². The molecule has 0 aromatic heterocycles. The Morgan fingerprint density at radius 2 is 1.78 bits per heavy atom. The summed E-state index contributed by atoms with van der Waals surface area (Å²) in [6.07, 6.45) is 2.12. The highest BCUT2D eigenvalue weighted by Gasteiger charge is 2.16. The number of benzene rings is 3. The molecular formula is C25H20BrCl2N3O5. The Balaban J connectivity index is 1.65. The molecule has 0 aliphatic carbocycles. The molecule has 2 N–H and O–H groups in total. The molecule has 0 atom stereocenters. The van der Waals surface area contributed by atoms with Crippen LogP contribution in [0.25, 0.3) is 0 Å². The Bertz CT molecular complexity index is 1300. The van der Waals surface area contributed by atoms with Gasteiger partial charge in [0.05, 0.1) is 34.1 Å². The molecule has 0 saturated heterocycles. The van der Waals surface area contributed by atoms with Gasteiger partial charge in [-0.25, -0.2) is 10.2 Å². The van der Waals surface area contributed by atoms with Gasteiger partial charge in [0.2, 0.25) is 0 Å². The molecule has 8 nitrogen and oxygen atoms in total. The van der Waals surface area contributed by atoms with Gasteiger partial charge in [-0.2, -0.15) is 5.10 Å². The van der Waals surface area contributed by atoms with Crippen molar-refractivity contribution in [2.75, 3.05) is 11.9 Å². The number of rotatable bonds is 8. The minimum atomic E-state index is -1.04. The third kappa shape index (κ3) is 7.55. The Morgan fingerprint density at radius 1 is 1.03 bits per heavy atom. The van der Waals surface area contributed by atoms with E-state index in [4.69, 9.17) is 32.7 Å². The SMILES string of the molecule is CCCOc1ccc(C(=O)Oc2ccc(Br)cc2/C=N/NC(=O)C(=O)Nc2cccc(Cl)c2Cl)cc1. The number of halogens is 3. The third-order valence-electron chi connectivity index (χ3n) is 4.51. The molecule has 11 heteroatoms. The highest BCUT2D eigenvalue weighted by molar-refractivity contribution is 9.10. The predicted octanol–water partition coefficient (Wildman–Crippen LogP) is 5.85. The molecule has 186 valence electrons. The van der Waals surface area contributed by atoms with Crippen LogP contribution < -0.4 is 20.2 Å². The Hall–Kier alpha value is -3.40. The standard InChI is InChI=1S/C25H20BrCl2N3O5/c1-2-12-35-18-9-6-15(7-10-18)25(34)36-21-11-8-17(26)13-16(21)14-29-31-24(33)23(32)30-20-5-3-4-19(27)22(20)28/h3-11,13-14H,2,12H2,1H3,(H,30,32)(H,31,33)/b29-14+. The van der Waals surface area contributed by atoms with Gasteiger partial charge < -0.3 is 14.8 Å². The number of anilines is 1. The summed E-state index contributed by atoms with van der Waals surface area (Å²) in [6.45, 7) is 2.58. The smallest absolute Gasteiger partial charge is 0.343 e. The van der Waals surface area contributed by atoms with Crippen molar-refractivity contribution in [3.05, 3.63) is 86.3 Å². The van der Waals surface area contributed by atoms with E-state index in [2.05, 4.69) is 31.8 Å². The van der Waals surface area contributed by atoms with Crippen LogP contribution in [-0.2, 0) is 9.59 Å². The number of amides is 2. The van der Waals surface area contributed by atoms with E-state index in [-0.39, 0.29) is 21.5 Å². The predicted molar refractivity (Wildman–Crippen MR) is 142 cm³/mol. The zero-order valence-electron chi connectivity index (χ0n) is 18.9. The summed E-state index contributed by atoms with van der Waals surface area (Å²) in [5, 5.41) is 6.48. The summed E-state index contributed by atoms with van der Waals surface area (Å²) in [5.74, 6) is -1.77. The number of hydrogen-bond donors (Lipinski definition) is 2. The minimum Gasteiger partial charge on any atom is -0.494 e. The first kappa shape index (κ1) is 27.2. The quantitative estimate of drug-likeness (QED) is 0.112. The summed E-state index contributed by atoms with van der Waals surface area (Å²) in [7, 11) is 0. The van der Waals surface area contributed by atoms with Crippen LogP contribution in [0.3, 0.4) is 0 Å². The van der Waals surface area contributed by atoms with Crippen LogP contribution in [0.4, 0.5) is 5.69 Å². The molecule has 0 spiro atoms.